The summed E-state index contributed by atoms with van der Waals surface area (Å²) in [5.74, 6) is 2.53. The highest BCUT2D eigenvalue weighted by molar-refractivity contribution is 14.0. The zero-order valence-electron chi connectivity index (χ0n) is 15.8. The van der Waals surface area contributed by atoms with E-state index in [1.807, 2.05) is 54.6 Å². The Hall–Kier alpha value is -2.55. The van der Waals surface area contributed by atoms with Gasteiger partial charge in [0.15, 0.2) is 5.96 Å². The highest BCUT2D eigenvalue weighted by Crippen LogP contribution is 2.11. The molecule has 2 heterocycles. The number of hydrogen-bond donors (Lipinski definition) is 2. The summed E-state index contributed by atoms with van der Waals surface area (Å²) in [6.07, 6.45) is 4.27. The molecule has 6 nitrogen and oxygen atoms in total. The summed E-state index contributed by atoms with van der Waals surface area (Å²) < 4.78 is 10.6. The van der Waals surface area contributed by atoms with Crippen molar-refractivity contribution >= 4 is 29.9 Å². The first-order valence-corrected chi connectivity index (χ1v) is 8.91. The quantitative estimate of drug-likeness (QED) is 0.285. The fourth-order valence-electron chi connectivity index (χ4n) is 2.51. The SMILES string of the molecule is COc1ccc(CN=C(NCCc2ccco2)NCc2ccccn2)cc1.I. The van der Waals surface area contributed by atoms with Crippen molar-refractivity contribution < 1.29 is 9.15 Å². The molecule has 3 rings (SSSR count). The van der Waals surface area contributed by atoms with Crippen molar-refractivity contribution in [1.29, 1.82) is 0 Å². The van der Waals surface area contributed by atoms with E-state index in [4.69, 9.17) is 9.15 Å². The average molecular weight is 492 g/mol. The lowest BCUT2D eigenvalue weighted by molar-refractivity contribution is 0.414. The minimum absolute atomic E-state index is 0. The number of hydrogen-bond acceptors (Lipinski definition) is 4. The molecule has 0 aliphatic heterocycles. The number of benzene rings is 1. The van der Waals surface area contributed by atoms with Crippen LogP contribution in [-0.2, 0) is 19.5 Å². The minimum atomic E-state index is 0. The lowest BCUT2D eigenvalue weighted by atomic mass is 10.2. The summed E-state index contributed by atoms with van der Waals surface area (Å²) in [6, 6.07) is 17.6. The van der Waals surface area contributed by atoms with Crippen molar-refractivity contribution in [1.82, 2.24) is 15.6 Å². The summed E-state index contributed by atoms with van der Waals surface area (Å²) in [5.41, 5.74) is 2.07. The molecule has 1 aromatic carbocycles. The molecule has 0 fully saturated rings. The fourth-order valence-corrected chi connectivity index (χ4v) is 2.51. The molecule has 2 aromatic heterocycles. The van der Waals surface area contributed by atoms with Crippen molar-refractivity contribution in [3.05, 3.63) is 84.1 Å². The number of nitrogens with one attached hydrogen (secondary N) is 2. The van der Waals surface area contributed by atoms with Gasteiger partial charge in [-0.2, -0.15) is 0 Å². The number of halogens is 1. The highest BCUT2D eigenvalue weighted by atomic mass is 127. The Labute approximate surface area is 182 Å². The van der Waals surface area contributed by atoms with Crippen LogP contribution in [0.25, 0.3) is 0 Å². The van der Waals surface area contributed by atoms with Gasteiger partial charge < -0.3 is 19.8 Å². The van der Waals surface area contributed by atoms with Crippen LogP contribution in [0.5, 0.6) is 5.75 Å². The van der Waals surface area contributed by atoms with E-state index >= 15 is 0 Å². The number of nitrogens with zero attached hydrogens (tertiary/aromatic N) is 2. The zero-order chi connectivity index (χ0) is 18.7. The van der Waals surface area contributed by atoms with Crippen LogP contribution >= 0.6 is 24.0 Å². The standard InChI is InChI=1S/C21H24N4O2.HI/c1-26-19-9-7-17(8-10-19)15-24-21(23-13-11-20-6-4-14-27-20)25-16-18-5-2-3-12-22-18;/h2-10,12,14H,11,13,15-16H2,1H3,(H2,23,24,25);1H. The smallest absolute Gasteiger partial charge is 0.191 e. The first-order valence-electron chi connectivity index (χ1n) is 8.91. The Balaban J connectivity index is 0.00000280. The second-order valence-corrected chi connectivity index (χ2v) is 5.94. The van der Waals surface area contributed by atoms with E-state index in [-0.39, 0.29) is 24.0 Å². The molecule has 0 saturated carbocycles. The van der Waals surface area contributed by atoms with Gasteiger partial charge in [0.2, 0.25) is 0 Å². The average Bonchev–Trinajstić information content (AvgIpc) is 3.24. The lowest BCUT2D eigenvalue weighted by Crippen LogP contribution is -2.38. The van der Waals surface area contributed by atoms with Crippen LogP contribution in [0.1, 0.15) is 17.0 Å². The molecule has 2 N–H and O–H groups in total. The van der Waals surface area contributed by atoms with Crippen LogP contribution < -0.4 is 15.4 Å². The van der Waals surface area contributed by atoms with E-state index in [2.05, 4.69) is 20.6 Å². The van der Waals surface area contributed by atoms with Gasteiger partial charge in [-0.1, -0.05) is 18.2 Å². The van der Waals surface area contributed by atoms with E-state index < -0.39 is 0 Å². The number of rotatable bonds is 8. The first-order chi connectivity index (χ1) is 13.3. The Morgan fingerprint density at radius 2 is 1.93 bits per heavy atom. The molecule has 0 aliphatic rings. The maximum atomic E-state index is 5.37. The monoisotopic (exact) mass is 492 g/mol. The van der Waals surface area contributed by atoms with Crippen molar-refractivity contribution in [2.75, 3.05) is 13.7 Å². The van der Waals surface area contributed by atoms with Crippen LogP contribution in [-0.4, -0.2) is 24.6 Å². The van der Waals surface area contributed by atoms with Crippen molar-refractivity contribution in [2.24, 2.45) is 4.99 Å². The summed E-state index contributed by atoms with van der Waals surface area (Å²) in [7, 11) is 1.66. The number of aliphatic imine (C=N–C) groups is 1. The first kappa shape index (κ1) is 21.7. The zero-order valence-corrected chi connectivity index (χ0v) is 18.1. The number of furan rings is 1. The number of methoxy groups -OCH3 is 1. The minimum Gasteiger partial charge on any atom is -0.497 e. The van der Waals surface area contributed by atoms with E-state index in [0.717, 1.165) is 41.7 Å². The third-order valence-electron chi connectivity index (χ3n) is 3.99. The summed E-state index contributed by atoms with van der Waals surface area (Å²) in [6.45, 7) is 1.91. The van der Waals surface area contributed by atoms with Crippen molar-refractivity contribution in [2.45, 2.75) is 19.5 Å². The van der Waals surface area contributed by atoms with Gasteiger partial charge in [0.25, 0.3) is 0 Å². The Bertz CT molecular complexity index is 821. The maximum absolute atomic E-state index is 5.37. The van der Waals surface area contributed by atoms with Gasteiger partial charge in [-0.3, -0.25) is 4.98 Å². The van der Waals surface area contributed by atoms with Crippen LogP contribution in [0.15, 0.2) is 76.5 Å². The molecule has 0 saturated heterocycles. The Kier molecular flexibility index (Phi) is 9.33. The largest absolute Gasteiger partial charge is 0.497 e. The summed E-state index contributed by atoms with van der Waals surface area (Å²) in [4.78, 5) is 9.01. The van der Waals surface area contributed by atoms with Gasteiger partial charge in [-0.25, -0.2) is 4.99 Å². The Morgan fingerprint density at radius 3 is 2.61 bits per heavy atom. The van der Waals surface area contributed by atoms with Crippen molar-refractivity contribution in [3.63, 3.8) is 0 Å². The molecule has 0 radical (unpaired) electrons. The van der Waals surface area contributed by atoms with E-state index in [0.29, 0.717) is 13.1 Å². The predicted molar refractivity (Wildman–Crippen MR) is 121 cm³/mol. The van der Waals surface area contributed by atoms with Crippen LogP contribution in [0.2, 0.25) is 0 Å². The topological polar surface area (TPSA) is 71.7 Å². The Morgan fingerprint density at radius 1 is 1.07 bits per heavy atom. The van der Waals surface area contributed by atoms with Crippen LogP contribution in [0.4, 0.5) is 0 Å². The molecule has 0 spiro atoms. The van der Waals surface area contributed by atoms with E-state index in [1.54, 1.807) is 19.6 Å². The summed E-state index contributed by atoms with van der Waals surface area (Å²) >= 11 is 0. The molecule has 0 bridgehead atoms. The molecular weight excluding hydrogens is 467 g/mol. The highest BCUT2D eigenvalue weighted by Gasteiger charge is 2.02. The third-order valence-corrected chi connectivity index (χ3v) is 3.99. The molecule has 7 heteroatoms. The number of ether oxygens (including phenoxy) is 1. The van der Waals surface area contributed by atoms with Crippen LogP contribution in [0.3, 0.4) is 0 Å². The van der Waals surface area contributed by atoms with Crippen LogP contribution in [0, 0.1) is 0 Å². The molecule has 0 unspecified atom stereocenters. The maximum Gasteiger partial charge on any atom is 0.191 e. The molecular formula is C21H25IN4O2. The van der Waals surface area contributed by atoms with E-state index in [9.17, 15) is 0 Å². The van der Waals surface area contributed by atoms with Gasteiger partial charge >= 0.3 is 0 Å². The second kappa shape index (κ2) is 12.0. The van der Waals surface area contributed by atoms with Gasteiger partial charge in [0.05, 0.1) is 32.2 Å². The normalized spacial score (nSPS) is 10.8. The van der Waals surface area contributed by atoms with Gasteiger partial charge in [0, 0.05) is 19.2 Å². The number of pyridine rings is 1. The molecule has 28 heavy (non-hydrogen) atoms. The number of aromatic nitrogens is 1. The fraction of sp³-hybridized carbons (Fsp3) is 0.238. The molecule has 0 atom stereocenters. The van der Waals surface area contributed by atoms with Gasteiger partial charge in [0.1, 0.15) is 11.5 Å². The van der Waals surface area contributed by atoms with Gasteiger partial charge in [-0.05, 0) is 42.0 Å². The molecule has 148 valence electrons. The second-order valence-electron chi connectivity index (χ2n) is 5.94. The number of guanidine groups is 1. The molecule has 0 aliphatic carbocycles. The van der Waals surface area contributed by atoms with Crippen molar-refractivity contribution in [3.8, 4) is 5.75 Å². The van der Waals surface area contributed by atoms with Gasteiger partial charge in [-0.15, -0.1) is 24.0 Å². The predicted octanol–water partition coefficient (Wildman–Crippen LogP) is 3.78. The lowest BCUT2D eigenvalue weighted by Gasteiger charge is -2.12. The third kappa shape index (κ3) is 7.22. The molecule has 0 amide bonds. The van der Waals surface area contributed by atoms with E-state index in [1.165, 1.54) is 0 Å². The summed E-state index contributed by atoms with van der Waals surface area (Å²) in [5, 5.41) is 6.68. The molecule has 3 aromatic rings.